The molecule has 1 aliphatic heterocycles. The molecule has 1 unspecified atom stereocenters. The topological polar surface area (TPSA) is 101 Å². The number of halogens is 1. The number of carbonyl (C=O) groups excluding carboxylic acids is 1. The summed E-state index contributed by atoms with van der Waals surface area (Å²) in [6.45, 7) is 2.17. The molecule has 1 saturated heterocycles. The number of hydrogen-bond donors (Lipinski definition) is 3. The van der Waals surface area contributed by atoms with Gasteiger partial charge in [0.2, 0.25) is 15.9 Å². The zero-order valence-corrected chi connectivity index (χ0v) is 12.5. The number of benzene rings is 1. The lowest BCUT2D eigenvalue weighted by Gasteiger charge is -2.23. The number of hydrogen-bond acceptors (Lipinski definition) is 4. The number of rotatable bonds is 3. The molecule has 20 heavy (non-hydrogen) atoms. The van der Waals surface area contributed by atoms with Gasteiger partial charge in [0.15, 0.2) is 0 Å². The summed E-state index contributed by atoms with van der Waals surface area (Å²) < 4.78 is 27.1. The molecule has 4 N–H and O–H groups in total. The first-order valence-electron chi connectivity index (χ1n) is 6.17. The van der Waals surface area contributed by atoms with E-state index in [0.29, 0.717) is 24.2 Å². The molecule has 1 amide bonds. The molecule has 0 radical (unpaired) electrons. The van der Waals surface area contributed by atoms with E-state index < -0.39 is 16.1 Å². The minimum absolute atomic E-state index is 0.000809. The predicted octanol–water partition coefficient (Wildman–Crippen LogP) is 0.788. The van der Waals surface area contributed by atoms with Crippen molar-refractivity contribution in [3.05, 3.63) is 22.7 Å². The molecule has 0 saturated carbocycles. The van der Waals surface area contributed by atoms with Gasteiger partial charge in [0.25, 0.3) is 0 Å². The van der Waals surface area contributed by atoms with Gasteiger partial charge in [-0.15, -0.1) is 0 Å². The SMILES string of the molecule is Cc1c(N)cc(Cl)cc1S(=O)(=O)NC1CCCNC1=O. The van der Waals surface area contributed by atoms with Crippen LogP contribution in [0.5, 0.6) is 0 Å². The van der Waals surface area contributed by atoms with E-state index in [9.17, 15) is 13.2 Å². The summed E-state index contributed by atoms with van der Waals surface area (Å²) in [5, 5.41) is 2.86. The van der Waals surface area contributed by atoms with Crippen LogP contribution >= 0.6 is 11.6 Å². The van der Waals surface area contributed by atoms with Crippen LogP contribution in [-0.2, 0) is 14.8 Å². The molecule has 0 aliphatic carbocycles. The average molecular weight is 318 g/mol. The third-order valence-corrected chi connectivity index (χ3v) is 5.05. The summed E-state index contributed by atoms with van der Waals surface area (Å²) in [6.07, 6.45) is 1.20. The molecule has 1 aromatic rings. The number of anilines is 1. The van der Waals surface area contributed by atoms with Gasteiger partial charge < -0.3 is 11.1 Å². The number of nitrogens with one attached hydrogen (secondary N) is 2. The third kappa shape index (κ3) is 3.05. The Bertz CT molecular complexity index is 646. The summed E-state index contributed by atoms with van der Waals surface area (Å²) in [7, 11) is -3.84. The molecule has 0 aromatic heterocycles. The van der Waals surface area contributed by atoms with Crippen molar-refractivity contribution in [1.82, 2.24) is 10.0 Å². The van der Waals surface area contributed by atoms with Crippen LogP contribution in [0.1, 0.15) is 18.4 Å². The van der Waals surface area contributed by atoms with Gasteiger partial charge in [-0.25, -0.2) is 8.42 Å². The largest absolute Gasteiger partial charge is 0.398 e. The van der Waals surface area contributed by atoms with Gasteiger partial charge in [-0.3, -0.25) is 4.79 Å². The molecule has 1 fully saturated rings. The van der Waals surface area contributed by atoms with E-state index in [1.807, 2.05) is 0 Å². The van der Waals surface area contributed by atoms with Gasteiger partial charge >= 0.3 is 0 Å². The van der Waals surface area contributed by atoms with Crippen LogP contribution in [0.2, 0.25) is 5.02 Å². The fraction of sp³-hybridized carbons (Fsp3) is 0.417. The fourth-order valence-electron chi connectivity index (χ4n) is 2.09. The van der Waals surface area contributed by atoms with Crippen molar-refractivity contribution >= 4 is 33.2 Å². The normalized spacial score (nSPS) is 19.7. The first-order valence-corrected chi connectivity index (χ1v) is 8.03. The molecule has 1 atom stereocenters. The van der Waals surface area contributed by atoms with Crippen molar-refractivity contribution in [2.75, 3.05) is 12.3 Å². The molecule has 1 aromatic carbocycles. The molecule has 2 rings (SSSR count). The molecule has 0 spiro atoms. The second-order valence-corrected chi connectivity index (χ2v) is 6.84. The highest BCUT2D eigenvalue weighted by molar-refractivity contribution is 7.89. The van der Waals surface area contributed by atoms with Crippen molar-refractivity contribution in [2.45, 2.75) is 30.7 Å². The Morgan fingerprint density at radius 3 is 2.80 bits per heavy atom. The van der Waals surface area contributed by atoms with Gasteiger partial charge in [-0.2, -0.15) is 4.72 Å². The highest BCUT2D eigenvalue weighted by Gasteiger charge is 2.29. The Labute approximate surface area is 122 Å². The van der Waals surface area contributed by atoms with Crippen LogP contribution < -0.4 is 15.8 Å². The molecule has 8 heteroatoms. The van der Waals surface area contributed by atoms with Crippen LogP contribution in [0.25, 0.3) is 0 Å². The minimum atomic E-state index is -3.84. The summed E-state index contributed by atoms with van der Waals surface area (Å²) in [5.41, 5.74) is 6.43. The minimum Gasteiger partial charge on any atom is -0.398 e. The van der Waals surface area contributed by atoms with Crippen molar-refractivity contribution in [2.24, 2.45) is 0 Å². The first-order chi connectivity index (χ1) is 9.31. The fourth-order valence-corrected chi connectivity index (χ4v) is 3.91. The van der Waals surface area contributed by atoms with Crippen molar-refractivity contribution < 1.29 is 13.2 Å². The summed E-state index contributed by atoms with van der Waals surface area (Å²) in [6, 6.07) is 2.06. The average Bonchev–Trinajstić information content (AvgIpc) is 2.36. The third-order valence-electron chi connectivity index (χ3n) is 3.24. The maximum absolute atomic E-state index is 12.4. The van der Waals surface area contributed by atoms with Crippen LogP contribution in [-0.4, -0.2) is 26.9 Å². The smallest absolute Gasteiger partial charge is 0.241 e. The molecule has 110 valence electrons. The van der Waals surface area contributed by atoms with Gasteiger partial charge in [-0.05, 0) is 37.5 Å². The molecule has 1 aliphatic rings. The Morgan fingerprint density at radius 2 is 2.15 bits per heavy atom. The van der Waals surface area contributed by atoms with E-state index in [0.717, 1.165) is 6.42 Å². The van der Waals surface area contributed by atoms with E-state index in [4.69, 9.17) is 17.3 Å². The Morgan fingerprint density at radius 1 is 1.45 bits per heavy atom. The molecular weight excluding hydrogens is 302 g/mol. The van der Waals surface area contributed by atoms with Gasteiger partial charge in [0, 0.05) is 17.3 Å². The number of sulfonamides is 1. The predicted molar refractivity (Wildman–Crippen MR) is 77.0 cm³/mol. The zero-order valence-electron chi connectivity index (χ0n) is 10.9. The van der Waals surface area contributed by atoms with Crippen molar-refractivity contribution in [3.63, 3.8) is 0 Å². The van der Waals surface area contributed by atoms with Gasteiger partial charge in [0.1, 0.15) is 6.04 Å². The lowest BCUT2D eigenvalue weighted by molar-refractivity contribution is -0.124. The van der Waals surface area contributed by atoms with Crippen LogP contribution in [0.15, 0.2) is 17.0 Å². The van der Waals surface area contributed by atoms with Gasteiger partial charge in [-0.1, -0.05) is 11.6 Å². The molecule has 6 nitrogen and oxygen atoms in total. The van der Waals surface area contributed by atoms with Crippen molar-refractivity contribution in [1.29, 1.82) is 0 Å². The second kappa shape index (κ2) is 5.59. The summed E-state index contributed by atoms with van der Waals surface area (Å²) in [5.74, 6) is -0.313. The van der Waals surface area contributed by atoms with E-state index in [-0.39, 0.29) is 15.8 Å². The number of nitrogen functional groups attached to an aromatic ring is 1. The second-order valence-electron chi connectivity index (χ2n) is 4.73. The van der Waals surface area contributed by atoms with E-state index in [1.165, 1.54) is 12.1 Å². The molecule has 1 heterocycles. The zero-order chi connectivity index (χ0) is 14.9. The lowest BCUT2D eigenvalue weighted by Crippen LogP contribution is -2.50. The Balaban J connectivity index is 2.33. The van der Waals surface area contributed by atoms with E-state index in [1.54, 1.807) is 6.92 Å². The van der Waals surface area contributed by atoms with E-state index in [2.05, 4.69) is 10.0 Å². The summed E-state index contributed by atoms with van der Waals surface area (Å²) in [4.78, 5) is 11.6. The van der Waals surface area contributed by atoms with Crippen LogP contribution in [0, 0.1) is 6.92 Å². The number of amides is 1. The monoisotopic (exact) mass is 317 g/mol. The number of nitrogens with two attached hydrogens (primary N) is 1. The molecular formula is C12H16ClN3O3S. The standard InChI is InChI=1S/C12H16ClN3O3S/c1-7-9(14)5-8(13)6-11(7)20(18,19)16-10-3-2-4-15-12(10)17/h5-6,10,16H,2-4,14H2,1H3,(H,15,17). The Hall–Kier alpha value is -1.31. The van der Waals surface area contributed by atoms with E-state index >= 15 is 0 Å². The first kappa shape index (κ1) is 15.1. The van der Waals surface area contributed by atoms with Crippen LogP contribution in [0.4, 0.5) is 5.69 Å². The Kier molecular flexibility index (Phi) is 4.22. The highest BCUT2D eigenvalue weighted by atomic mass is 35.5. The number of carbonyl (C=O) groups is 1. The number of piperidine rings is 1. The maximum Gasteiger partial charge on any atom is 0.241 e. The van der Waals surface area contributed by atoms with Crippen molar-refractivity contribution in [3.8, 4) is 0 Å². The lowest BCUT2D eigenvalue weighted by atomic mass is 10.1. The quantitative estimate of drug-likeness (QED) is 0.717. The summed E-state index contributed by atoms with van der Waals surface area (Å²) >= 11 is 5.85. The van der Waals surface area contributed by atoms with Gasteiger partial charge in [0.05, 0.1) is 4.90 Å². The maximum atomic E-state index is 12.4. The van der Waals surface area contributed by atoms with Crippen LogP contribution in [0.3, 0.4) is 0 Å². The molecule has 0 bridgehead atoms. The highest BCUT2D eigenvalue weighted by Crippen LogP contribution is 2.26.